The molecule has 1 heterocycles. The Labute approximate surface area is 180 Å². The molecular weight excluding hydrogens is 426 g/mol. The highest BCUT2D eigenvalue weighted by Gasteiger charge is 2.27. The number of aromatic nitrogens is 1. The number of hydrogen-bond donors (Lipinski definition) is 1. The van der Waals surface area contributed by atoms with Gasteiger partial charge < -0.3 is 10.1 Å². The summed E-state index contributed by atoms with van der Waals surface area (Å²) in [6.07, 6.45) is 3.26. The summed E-state index contributed by atoms with van der Waals surface area (Å²) in [5, 5.41) is 3.08. The molecule has 1 amide bonds. The molecule has 9 heteroatoms. The number of anilines is 1. The van der Waals surface area contributed by atoms with Gasteiger partial charge in [-0.2, -0.15) is 0 Å². The molecule has 0 aliphatic rings. The second-order valence-electron chi connectivity index (χ2n) is 6.31. The number of nitrogens with zero attached hydrogens (tertiary/aromatic N) is 2. The van der Waals surface area contributed by atoms with Gasteiger partial charge in [0.05, 0.1) is 17.7 Å². The van der Waals surface area contributed by atoms with E-state index in [0.29, 0.717) is 10.8 Å². The molecule has 1 aromatic heterocycles. The fourth-order valence-electron chi connectivity index (χ4n) is 2.71. The van der Waals surface area contributed by atoms with E-state index in [1.165, 1.54) is 25.3 Å². The number of halogens is 1. The van der Waals surface area contributed by atoms with Crippen LogP contribution in [0.2, 0.25) is 5.02 Å². The molecule has 156 valence electrons. The third kappa shape index (κ3) is 5.28. The summed E-state index contributed by atoms with van der Waals surface area (Å²) in [5.41, 5.74) is 1.09. The van der Waals surface area contributed by atoms with Crippen molar-refractivity contribution in [3.63, 3.8) is 0 Å². The number of carbonyl (C=O) groups is 1. The predicted octanol–water partition coefficient (Wildman–Crippen LogP) is 3.26. The first kappa shape index (κ1) is 21.6. The van der Waals surface area contributed by atoms with E-state index in [0.717, 1.165) is 9.87 Å². The molecule has 30 heavy (non-hydrogen) atoms. The zero-order chi connectivity index (χ0) is 21.6. The van der Waals surface area contributed by atoms with Crippen molar-refractivity contribution in [3.05, 3.63) is 83.6 Å². The lowest BCUT2D eigenvalue weighted by molar-refractivity contribution is -0.119. The zero-order valence-electron chi connectivity index (χ0n) is 16.2. The topological polar surface area (TPSA) is 88.6 Å². The highest BCUT2D eigenvalue weighted by atomic mass is 35.5. The van der Waals surface area contributed by atoms with Crippen molar-refractivity contribution >= 4 is 33.2 Å². The van der Waals surface area contributed by atoms with Crippen LogP contribution in [0.5, 0.6) is 5.75 Å². The molecule has 3 aromatic rings. The van der Waals surface area contributed by atoms with Gasteiger partial charge in [0, 0.05) is 24.0 Å². The van der Waals surface area contributed by atoms with Crippen LogP contribution in [0.3, 0.4) is 0 Å². The number of sulfonamides is 1. The van der Waals surface area contributed by atoms with E-state index >= 15 is 0 Å². The summed E-state index contributed by atoms with van der Waals surface area (Å²) >= 11 is 6.06. The highest BCUT2D eigenvalue weighted by Crippen LogP contribution is 2.27. The SMILES string of the molecule is COc1ccc(S(=O)(=O)N(CC(=O)NCc2cccnc2)c2cccc(Cl)c2)cc1. The predicted molar refractivity (Wildman–Crippen MR) is 115 cm³/mol. The number of hydrogen-bond acceptors (Lipinski definition) is 5. The van der Waals surface area contributed by atoms with E-state index in [1.54, 1.807) is 48.8 Å². The summed E-state index contributed by atoms with van der Waals surface area (Å²) in [6, 6.07) is 15.9. The average Bonchev–Trinajstić information content (AvgIpc) is 2.76. The lowest BCUT2D eigenvalue weighted by Crippen LogP contribution is -2.40. The van der Waals surface area contributed by atoms with Crippen molar-refractivity contribution in [1.82, 2.24) is 10.3 Å². The largest absolute Gasteiger partial charge is 0.497 e. The van der Waals surface area contributed by atoms with E-state index < -0.39 is 22.5 Å². The molecule has 0 atom stereocenters. The first-order valence-corrected chi connectivity index (χ1v) is 10.8. The number of methoxy groups -OCH3 is 1. The molecule has 0 radical (unpaired) electrons. The molecule has 0 unspecified atom stereocenters. The van der Waals surface area contributed by atoms with Crippen LogP contribution >= 0.6 is 11.6 Å². The van der Waals surface area contributed by atoms with E-state index in [1.807, 2.05) is 6.07 Å². The van der Waals surface area contributed by atoms with E-state index in [-0.39, 0.29) is 17.1 Å². The molecule has 0 aliphatic carbocycles. The smallest absolute Gasteiger partial charge is 0.264 e. The zero-order valence-corrected chi connectivity index (χ0v) is 17.7. The number of pyridine rings is 1. The average molecular weight is 446 g/mol. The van der Waals surface area contributed by atoms with Crippen molar-refractivity contribution in [2.75, 3.05) is 18.0 Å². The minimum Gasteiger partial charge on any atom is -0.497 e. The van der Waals surface area contributed by atoms with E-state index in [4.69, 9.17) is 16.3 Å². The van der Waals surface area contributed by atoms with E-state index in [2.05, 4.69) is 10.3 Å². The van der Waals surface area contributed by atoms with Crippen molar-refractivity contribution < 1.29 is 17.9 Å². The molecule has 0 fully saturated rings. The number of benzene rings is 2. The summed E-state index contributed by atoms with van der Waals surface area (Å²) in [6.45, 7) is -0.173. The standard InChI is InChI=1S/C21H20ClN3O4S/c1-29-19-7-9-20(10-8-19)30(27,28)25(18-6-2-5-17(22)12-18)15-21(26)24-14-16-4-3-11-23-13-16/h2-13H,14-15H2,1H3,(H,24,26). The Balaban J connectivity index is 1.87. The molecule has 7 nitrogen and oxygen atoms in total. The fraction of sp³-hybridized carbons (Fsp3) is 0.143. The van der Waals surface area contributed by atoms with Crippen molar-refractivity contribution in [2.45, 2.75) is 11.4 Å². The first-order chi connectivity index (χ1) is 14.4. The lowest BCUT2D eigenvalue weighted by atomic mass is 10.3. The quantitative estimate of drug-likeness (QED) is 0.575. The summed E-state index contributed by atoms with van der Waals surface area (Å²) in [7, 11) is -2.53. The van der Waals surface area contributed by atoms with Crippen LogP contribution in [-0.4, -0.2) is 33.0 Å². The molecule has 1 N–H and O–H groups in total. The minimum absolute atomic E-state index is 0.0309. The Morgan fingerprint density at radius 2 is 1.90 bits per heavy atom. The number of carbonyl (C=O) groups excluding carboxylic acids is 1. The fourth-order valence-corrected chi connectivity index (χ4v) is 4.31. The van der Waals surface area contributed by atoms with Crippen LogP contribution in [0, 0.1) is 0 Å². The van der Waals surface area contributed by atoms with Gasteiger partial charge in [-0.05, 0) is 54.1 Å². The third-order valence-corrected chi connectivity index (χ3v) is 6.27. The Kier molecular flexibility index (Phi) is 6.91. The van der Waals surface area contributed by atoms with Gasteiger partial charge in [0.15, 0.2) is 0 Å². The molecule has 3 rings (SSSR count). The van der Waals surface area contributed by atoms with Crippen LogP contribution in [0.4, 0.5) is 5.69 Å². The van der Waals surface area contributed by atoms with Gasteiger partial charge in [-0.3, -0.25) is 14.1 Å². The third-order valence-electron chi connectivity index (χ3n) is 4.24. The maximum absolute atomic E-state index is 13.3. The summed E-state index contributed by atoms with van der Waals surface area (Å²) in [4.78, 5) is 16.6. The maximum Gasteiger partial charge on any atom is 0.264 e. The molecular formula is C21H20ClN3O4S. The Morgan fingerprint density at radius 1 is 1.13 bits per heavy atom. The van der Waals surface area contributed by atoms with Gasteiger partial charge in [-0.25, -0.2) is 8.42 Å². The molecule has 0 spiro atoms. The van der Waals surface area contributed by atoms with Crippen LogP contribution in [0.1, 0.15) is 5.56 Å². The molecule has 0 bridgehead atoms. The highest BCUT2D eigenvalue weighted by molar-refractivity contribution is 7.92. The normalized spacial score (nSPS) is 11.0. The van der Waals surface area contributed by atoms with Gasteiger partial charge in [-0.1, -0.05) is 23.7 Å². The van der Waals surface area contributed by atoms with Crippen molar-refractivity contribution in [3.8, 4) is 5.75 Å². The van der Waals surface area contributed by atoms with Crippen molar-refractivity contribution in [2.24, 2.45) is 0 Å². The number of amides is 1. The Morgan fingerprint density at radius 3 is 2.53 bits per heavy atom. The summed E-state index contributed by atoms with van der Waals surface area (Å²) in [5.74, 6) is 0.0633. The van der Waals surface area contributed by atoms with Crippen LogP contribution in [-0.2, 0) is 21.4 Å². The second kappa shape index (κ2) is 9.60. The van der Waals surface area contributed by atoms with Gasteiger partial charge >= 0.3 is 0 Å². The molecule has 0 saturated carbocycles. The van der Waals surface area contributed by atoms with Gasteiger partial charge in [-0.15, -0.1) is 0 Å². The van der Waals surface area contributed by atoms with Crippen LogP contribution < -0.4 is 14.4 Å². The monoisotopic (exact) mass is 445 g/mol. The minimum atomic E-state index is -4.03. The lowest BCUT2D eigenvalue weighted by Gasteiger charge is -2.24. The summed E-state index contributed by atoms with van der Waals surface area (Å²) < 4.78 is 32.7. The first-order valence-electron chi connectivity index (χ1n) is 8.98. The maximum atomic E-state index is 13.3. The van der Waals surface area contributed by atoms with Crippen LogP contribution in [0.15, 0.2) is 78.0 Å². The number of nitrogens with one attached hydrogen (secondary N) is 1. The molecule has 0 saturated heterocycles. The Hall–Kier alpha value is -3.10. The van der Waals surface area contributed by atoms with Crippen molar-refractivity contribution in [1.29, 1.82) is 0 Å². The van der Waals surface area contributed by atoms with Gasteiger partial charge in [0.2, 0.25) is 5.91 Å². The van der Waals surface area contributed by atoms with Gasteiger partial charge in [0.1, 0.15) is 12.3 Å². The number of ether oxygens (including phenoxy) is 1. The molecule has 0 aliphatic heterocycles. The van der Waals surface area contributed by atoms with Crippen LogP contribution in [0.25, 0.3) is 0 Å². The van der Waals surface area contributed by atoms with E-state index in [9.17, 15) is 13.2 Å². The second-order valence-corrected chi connectivity index (χ2v) is 8.60. The molecule has 2 aromatic carbocycles. The Bertz CT molecular complexity index is 1110. The number of rotatable bonds is 8. The van der Waals surface area contributed by atoms with Gasteiger partial charge in [0.25, 0.3) is 10.0 Å².